The highest BCUT2D eigenvalue weighted by molar-refractivity contribution is 7.92. The number of hydrogen-bond donors (Lipinski definition) is 2. The maximum Gasteiger partial charge on any atom is 0.264 e. The molecule has 3 rings (SSSR count). The number of nitrogens with zero attached hydrogens (tertiary/aromatic N) is 1. The van der Waals surface area contributed by atoms with E-state index < -0.39 is 15.9 Å². The van der Waals surface area contributed by atoms with Gasteiger partial charge in [0.1, 0.15) is 12.3 Å². The Labute approximate surface area is 183 Å². The Bertz CT molecular complexity index is 1190. The number of nitrogens with one attached hydrogen (secondary N) is 1. The number of benzene rings is 3. The number of anilines is 1. The van der Waals surface area contributed by atoms with Crippen LogP contribution in [0, 0.1) is 20.8 Å². The molecule has 0 aromatic heterocycles. The fourth-order valence-electron chi connectivity index (χ4n) is 3.20. The van der Waals surface area contributed by atoms with Gasteiger partial charge in [-0.25, -0.2) is 8.42 Å². The summed E-state index contributed by atoms with van der Waals surface area (Å²) >= 11 is 0. The molecule has 0 aliphatic heterocycles. The molecule has 7 heteroatoms. The number of sulfonamides is 1. The lowest BCUT2D eigenvalue weighted by Gasteiger charge is -2.26. The van der Waals surface area contributed by atoms with Crippen LogP contribution in [0.25, 0.3) is 0 Å². The van der Waals surface area contributed by atoms with Crippen LogP contribution in [0.3, 0.4) is 0 Å². The maximum absolute atomic E-state index is 13.5. The van der Waals surface area contributed by atoms with Crippen LogP contribution in [0.5, 0.6) is 5.75 Å². The van der Waals surface area contributed by atoms with Gasteiger partial charge in [-0.15, -0.1) is 0 Å². The SMILES string of the molecule is Cc1ccc(S(=O)(=O)N(CC(=O)NCc2cccc(O)c2)c2cccc(C)c2C)cc1. The van der Waals surface area contributed by atoms with Crippen molar-refractivity contribution in [1.29, 1.82) is 0 Å². The predicted octanol–water partition coefficient (Wildman–Crippen LogP) is 3.83. The van der Waals surface area contributed by atoms with Crippen LogP contribution in [-0.2, 0) is 21.4 Å². The van der Waals surface area contributed by atoms with Gasteiger partial charge in [0, 0.05) is 6.54 Å². The first-order valence-electron chi connectivity index (χ1n) is 9.89. The first-order chi connectivity index (χ1) is 14.7. The molecule has 3 aromatic rings. The van der Waals surface area contributed by atoms with Crippen molar-refractivity contribution in [2.45, 2.75) is 32.2 Å². The van der Waals surface area contributed by atoms with Gasteiger partial charge in [-0.05, 0) is 67.8 Å². The summed E-state index contributed by atoms with van der Waals surface area (Å²) < 4.78 is 28.1. The van der Waals surface area contributed by atoms with Crippen LogP contribution >= 0.6 is 0 Å². The molecule has 0 radical (unpaired) electrons. The standard InChI is InChI=1S/C24H26N2O4S/c1-17-10-12-22(13-11-17)31(29,30)26(23-9-4-6-18(2)19(23)3)16-24(28)25-15-20-7-5-8-21(27)14-20/h4-14,27H,15-16H2,1-3H3,(H,25,28). The van der Waals surface area contributed by atoms with E-state index in [9.17, 15) is 18.3 Å². The molecule has 1 amide bonds. The largest absolute Gasteiger partial charge is 0.508 e. The van der Waals surface area contributed by atoms with Crippen molar-refractivity contribution < 1.29 is 18.3 Å². The third-order valence-electron chi connectivity index (χ3n) is 5.14. The van der Waals surface area contributed by atoms with Crippen LogP contribution in [0.2, 0.25) is 0 Å². The van der Waals surface area contributed by atoms with Crippen molar-refractivity contribution in [3.05, 3.63) is 89.0 Å². The lowest BCUT2D eigenvalue weighted by Crippen LogP contribution is -2.41. The predicted molar refractivity (Wildman–Crippen MR) is 122 cm³/mol. The highest BCUT2D eigenvalue weighted by atomic mass is 32.2. The van der Waals surface area contributed by atoms with Gasteiger partial charge in [0.05, 0.1) is 10.6 Å². The third-order valence-corrected chi connectivity index (χ3v) is 6.92. The third kappa shape index (κ3) is 5.24. The zero-order valence-corrected chi connectivity index (χ0v) is 18.6. The Morgan fingerprint density at radius 1 is 0.968 bits per heavy atom. The fourth-order valence-corrected chi connectivity index (χ4v) is 4.67. The second-order valence-corrected chi connectivity index (χ2v) is 9.35. The molecule has 0 unspecified atom stereocenters. The molecule has 162 valence electrons. The average molecular weight is 439 g/mol. The van der Waals surface area contributed by atoms with Crippen LogP contribution in [-0.4, -0.2) is 26.0 Å². The lowest BCUT2D eigenvalue weighted by molar-refractivity contribution is -0.119. The van der Waals surface area contributed by atoms with Crippen molar-refractivity contribution in [1.82, 2.24) is 5.32 Å². The minimum Gasteiger partial charge on any atom is -0.508 e. The first-order valence-corrected chi connectivity index (χ1v) is 11.3. The molecule has 0 saturated carbocycles. The van der Waals surface area contributed by atoms with Crippen LogP contribution in [0.1, 0.15) is 22.3 Å². The second kappa shape index (κ2) is 9.22. The number of amides is 1. The first kappa shape index (κ1) is 22.4. The summed E-state index contributed by atoms with van der Waals surface area (Å²) in [6.07, 6.45) is 0. The number of aryl methyl sites for hydroxylation is 2. The number of rotatable bonds is 7. The summed E-state index contributed by atoms with van der Waals surface area (Å²) in [4.78, 5) is 12.9. The minimum absolute atomic E-state index is 0.103. The summed E-state index contributed by atoms with van der Waals surface area (Å²) in [5.41, 5.74) is 3.85. The van der Waals surface area contributed by atoms with Gasteiger partial charge in [0.2, 0.25) is 5.91 Å². The van der Waals surface area contributed by atoms with E-state index in [4.69, 9.17) is 0 Å². The summed E-state index contributed by atoms with van der Waals surface area (Å²) in [6.45, 7) is 5.44. The molecule has 3 aromatic carbocycles. The normalized spacial score (nSPS) is 11.2. The monoisotopic (exact) mass is 438 g/mol. The summed E-state index contributed by atoms with van der Waals surface area (Å²) in [5.74, 6) is -0.342. The zero-order valence-electron chi connectivity index (χ0n) is 17.8. The van der Waals surface area contributed by atoms with E-state index in [0.717, 1.165) is 21.0 Å². The maximum atomic E-state index is 13.5. The number of phenols is 1. The molecule has 0 aliphatic carbocycles. The van der Waals surface area contributed by atoms with Gasteiger partial charge in [0.25, 0.3) is 10.0 Å². The van der Waals surface area contributed by atoms with Gasteiger partial charge in [-0.3, -0.25) is 9.10 Å². The summed E-state index contributed by atoms with van der Waals surface area (Å²) in [5, 5.41) is 12.3. The van der Waals surface area contributed by atoms with E-state index >= 15 is 0 Å². The lowest BCUT2D eigenvalue weighted by atomic mass is 10.1. The van der Waals surface area contributed by atoms with Crippen LogP contribution in [0.4, 0.5) is 5.69 Å². The molecule has 0 heterocycles. The number of phenolic OH excluding ortho intramolecular Hbond substituents is 1. The highest BCUT2D eigenvalue weighted by Gasteiger charge is 2.28. The molecule has 6 nitrogen and oxygen atoms in total. The fraction of sp³-hybridized carbons (Fsp3) is 0.208. The van der Waals surface area contributed by atoms with Gasteiger partial charge in [-0.2, -0.15) is 0 Å². The molecular weight excluding hydrogens is 412 g/mol. The molecule has 31 heavy (non-hydrogen) atoms. The van der Waals surface area contributed by atoms with Crippen molar-refractivity contribution in [2.24, 2.45) is 0 Å². The van der Waals surface area contributed by atoms with Crippen molar-refractivity contribution in [3.63, 3.8) is 0 Å². The zero-order chi connectivity index (χ0) is 22.6. The van der Waals surface area contributed by atoms with Gasteiger partial charge >= 0.3 is 0 Å². The van der Waals surface area contributed by atoms with Crippen molar-refractivity contribution >= 4 is 21.6 Å². The average Bonchev–Trinajstić information content (AvgIpc) is 2.73. The topological polar surface area (TPSA) is 86.7 Å². The van der Waals surface area contributed by atoms with Crippen LogP contribution in [0.15, 0.2) is 71.6 Å². The van der Waals surface area contributed by atoms with E-state index in [2.05, 4.69) is 5.32 Å². The number of carbonyl (C=O) groups is 1. The Balaban J connectivity index is 1.91. The van der Waals surface area contributed by atoms with Crippen LogP contribution < -0.4 is 9.62 Å². The minimum atomic E-state index is -3.96. The molecular formula is C24H26N2O4S. The Morgan fingerprint density at radius 3 is 2.32 bits per heavy atom. The molecule has 0 atom stereocenters. The summed E-state index contributed by atoms with van der Waals surface area (Å²) in [6, 6.07) is 18.5. The van der Waals surface area contributed by atoms with Crippen molar-refractivity contribution in [3.8, 4) is 5.75 Å². The number of hydrogen-bond acceptors (Lipinski definition) is 4. The molecule has 0 aliphatic rings. The number of carbonyl (C=O) groups excluding carboxylic acids is 1. The summed E-state index contributed by atoms with van der Waals surface area (Å²) in [7, 11) is -3.96. The molecule has 0 bridgehead atoms. The van der Waals surface area contributed by atoms with Crippen molar-refractivity contribution in [2.75, 3.05) is 10.8 Å². The van der Waals surface area contributed by atoms with E-state index in [1.54, 1.807) is 60.7 Å². The molecule has 0 spiro atoms. The Morgan fingerprint density at radius 2 is 1.65 bits per heavy atom. The Hall–Kier alpha value is -3.32. The molecule has 2 N–H and O–H groups in total. The second-order valence-electron chi connectivity index (χ2n) is 7.49. The van der Waals surface area contributed by atoms with Gasteiger partial charge in [-0.1, -0.05) is 42.0 Å². The van der Waals surface area contributed by atoms with Gasteiger partial charge in [0.15, 0.2) is 0 Å². The highest BCUT2D eigenvalue weighted by Crippen LogP contribution is 2.28. The van der Waals surface area contributed by atoms with E-state index in [0.29, 0.717) is 11.3 Å². The molecule has 0 saturated heterocycles. The van der Waals surface area contributed by atoms with E-state index in [1.165, 1.54) is 0 Å². The van der Waals surface area contributed by atoms with E-state index in [-0.39, 0.29) is 23.7 Å². The van der Waals surface area contributed by atoms with Gasteiger partial charge < -0.3 is 10.4 Å². The Kier molecular flexibility index (Phi) is 6.65. The van der Waals surface area contributed by atoms with E-state index in [1.807, 2.05) is 26.8 Å². The quantitative estimate of drug-likeness (QED) is 0.587. The molecule has 0 fully saturated rings. The number of aromatic hydroxyl groups is 1. The smallest absolute Gasteiger partial charge is 0.264 e.